The van der Waals surface area contributed by atoms with E-state index in [1.54, 1.807) is 0 Å². The van der Waals surface area contributed by atoms with Crippen LogP contribution in [-0.2, 0) is 37.7 Å². The molecule has 1 aliphatic carbocycles. The van der Waals surface area contributed by atoms with E-state index in [0.717, 1.165) is 88.7 Å². The van der Waals surface area contributed by atoms with Crippen molar-refractivity contribution in [2.75, 3.05) is 0 Å². The number of pyridine rings is 2. The number of carbonyl (C=O) groups is 1. The fourth-order valence-electron chi connectivity index (χ4n) is 6.85. The molecule has 0 aliphatic heterocycles. The topological polar surface area (TPSA) is 76.2 Å². The van der Waals surface area contributed by atoms with Gasteiger partial charge < -0.3 is 9.52 Å². The summed E-state index contributed by atoms with van der Waals surface area (Å²) in [6, 6.07) is 30.9. The summed E-state index contributed by atoms with van der Waals surface area (Å²) in [4.78, 5) is 21.2. The van der Waals surface area contributed by atoms with Crippen molar-refractivity contribution in [3.8, 4) is 33.5 Å². The van der Waals surface area contributed by atoms with E-state index in [4.69, 9.17) is 9.40 Å². The van der Waals surface area contributed by atoms with Gasteiger partial charge in [0.1, 0.15) is 11.3 Å². The third-order valence-corrected chi connectivity index (χ3v) is 9.62. The summed E-state index contributed by atoms with van der Waals surface area (Å²) in [6.45, 7) is 8.07. The van der Waals surface area contributed by atoms with E-state index < -0.39 is 0 Å². The molecule has 0 unspecified atom stereocenters. The zero-order chi connectivity index (χ0) is 33.6. The number of nitrogens with zero attached hydrogens (tertiary/aromatic N) is 2. The van der Waals surface area contributed by atoms with Crippen molar-refractivity contribution in [1.82, 2.24) is 9.97 Å². The zero-order valence-electron chi connectivity index (χ0n) is 28.6. The van der Waals surface area contributed by atoms with Crippen LogP contribution >= 0.6 is 0 Å². The van der Waals surface area contributed by atoms with E-state index in [2.05, 4.69) is 71.7 Å². The Morgan fingerprint density at radius 1 is 0.837 bits per heavy atom. The Morgan fingerprint density at radius 3 is 2.29 bits per heavy atom. The number of hydrogen-bond donors (Lipinski definition) is 1. The minimum atomic E-state index is 0. The van der Waals surface area contributed by atoms with Crippen molar-refractivity contribution < 1.29 is 34.4 Å². The maximum atomic E-state index is 11.7. The van der Waals surface area contributed by atoms with Crippen LogP contribution in [0.25, 0.3) is 55.3 Å². The summed E-state index contributed by atoms with van der Waals surface area (Å²) in [6.07, 6.45) is 10.4. The Labute approximate surface area is 302 Å². The molecule has 0 bridgehead atoms. The third kappa shape index (κ3) is 7.46. The first kappa shape index (κ1) is 35.9. The molecule has 0 saturated carbocycles. The first-order valence-corrected chi connectivity index (χ1v) is 17.3. The van der Waals surface area contributed by atoms with Crippen LogP contribution in [0.4, 0.5) is 0 Å². The van der Waals surface area contributed by atoms with Crippen molar-refractivity contribution >= 4 is 27.5 Å². The second kappa shape index (κ2) is 16.3. The van der Waals surface area contributed by atoms with Gasteiger partial charge in [-0.1, -0.05) is 98.8 Å². The fraction of sp³-hybridized carbons (Fsp3) is 0.279. The number of rotatable bonds is 9. The van der Waals surface area contributed by atoms with Crippen molar-refractivity contribution in [3.05, 3.63) is 121 Å². The van der Waals surface area contributed by atoms with Gasteiger partial charge in [-0.2, -0.15) is 0 Å². The Kier molecular flexibility index (Phi) is 12.0. The number of furan rings is 1. The summed E-state index contributed by atoms with van der Waals surface area (Å²) in [7, 11) is 0. The quantitative estimate of drug-likeness (QED) is 0.0892. The summed E-state index contributed by atoms with van der Waals surface area (Å²) >= 11 is 0. The number of aromatic nitrogens is 2. The number of allylic oxidation sites excluding steroid dienone is 2. The van der Waals surface area contributed by atoms with Crippen LogP contribution in [0, 0.1) is 17.9 Å². The number of carbonyl (C=O) groups excluding carboxylic acids is 1. The SMILES string of the molecule is CCC(CC)C(=O)/C=C(\O)C(CC)CC.[Ir].[c-]1c(-c2nccc3oc4c(c23)-c2cccnc2CC4)cc(-c2ccccc2)c2ccccc12. The molecular formula is C43H43IrN2O3-. The number of aliphatic hydroxyl groups excluding tert-OH is 1. The summed E-state index contributed by atoms with van der Waals surface area (Å²) in [5.74, 6) is 1.56. The molecule has 3 aromatic heterocycles. The Hall–Kier alpha value is -4.38. The van der Waals surface area contributed by atoms with Crippen LogP contribution in [0.5, 0.6) is 0 Å². The molecule has 1 aliphatic rings. The number of hydrogen-bond acceptors (Lipinski definition) is 5. The number of benzene rings is 3. The van der Waals surface area contributed by atoms with Gasteiger partial charge in [0.25, 0.3) is 0 Å². The molecular weight excluding hydrogens is 785 g/mol. The monoisotopic (exact) mass is 828 g/mol. The Morgan fingerprint density at radius 2 is 1.55 bits per heavy atom. The molecule has 7 rings (SSSR count). The number of aryl methyl sites for hydroxylation is 2. The van der Waals surface area contributed by atoms with Gasteiger partial charge in [-0.3, -0.25) is 14.8 Å². The van der Waals surface area contributed by atoms with Gasteiger partial charge >= 0.3 is 0 Å². The number of aliphatic hydroxyl groups is 1. The molecule has 49 heavy (non-hydrogen) atoms. The maximum Gasteiger partial charge on any atom is 0.162 e. The molecule has 0 amide bonds. The standard InChI is InChI=1S/C30H19N2O.C13H24O2.Ir/c1-2-7-19(8-3-1)24-18-21(17-20-9-4-5-10-22(20)24)30-29-27(14-16-32-30)33-26-13-12-25-23(28(26)29)11-6-15-31-25;1-5-10(6-2)12(14)9-13(15)11(7-3)8-4;/h1-11,14-16,18H,12-13H2;9-11,14H,5-8H2,1-4H3;/q-1;;/b;12-9-;. The molecule has 0 atom stereocenters. The van der Waals surface area contributed by atoms with Crippen LogP contribution in [0.3, 0.4) is 0 Å². The second-order valence-corrected chi connectivity index (χ2v) is 12.4. The van der Waals surface area contributed by atoms with Gasteiger partial charge in [-0.05, 0) is 49.8 Å². The van der Waals surface area contributed by atoms with Crippen LogP contribution in [-0.4, -0.2) is 20.9 Å². The van der Waals surface area contributed by atoms with Gasteiger partial charge in [0.2, 0.25) is 0 Å². The van der Waals surface area contributed by atoms with E-state index in [0.29, 0.717) is 0 Å². The zero-order valence-corrected chi connectivity index (χ0v) is 31.0. The van der Waals surface area contributed by atoms with Crippen molar-refractivity contribution in [1.29, 1.82) is 0 Å². The molecule has 1 radical (unpaired) electrons. The van der Waals surface area contributed by atoms with Gasteiger partial charge in [0, 0.05) is 84.7 Å². The van der Waals surface area contributed by atoms with Crippen LogP contribution in [0.2, 0.25) is 0 Å². The molecule has 253 valence electrons. The molecule has 3 heterocycles. The maximum absolute atomic E-state index is 11.7. The van der Waals surface area contributed by atoms with Gasteiger partial charge in [0.15, 0.2) is 5.78 Å². The molecule has 3 aromatic carbocycles. The molecule has 0 spiro atoms. The minimum absolute atomic E-state index is 0. The van der Waals surface area contributed by atoms with Crippen LogP contribution < -0.4 is 0 Å². The largest absolute Gasteiger partial charge is 0.512 e. The van der Waals surface area contributed by atoms with Crippen molar-refractivity contribution in [3.63, 3.8) is 0 Å². The van der Waals surface area contributed by atoms with Crippen molar-refractivity contribution in [2.24, 2.45) is 11.8 Å². The van der Waals surface area contributed by atoms with Crippen LogP contribution in [0.1, 0.15) is 64.8 Å². The Balaban J connectivity index is 0.000000252. The first-order valence-electron chi connectivity index (χ1n) is 17.3. The van der Waals surface area contributed by atoms with Gasteiger partial charge in [0.05, 0.1) is 5.76 Å². The van der Waals surface area contributed by atoms with E-state index in [1.165, 1.54) is 22.6 Å². The molecule has 0 fully saturated rings. The number of fused-ring (bicyclic) bond motifs is 6. The van der Waals surface area contributed by atoms with Crippen molar-refractivity contribution in [2.45, 2.75) is 66.2 Å². The molecule has 5 nitrogen and oxygen atoms in total. The summed E-state index contributed by atoms with van der Waals surface area (Å²) < 4.78 is 6.33. The Bertz CT molecular complexity index is 2070. The predicted molar refractivity (Wildman–Crippen MR) is 196 cm³/mol. The van der Waals surface area contributed by atoms with E-state index in [-0.39, 0.29) is 43.5 Å². The van der Waals surface area contributed by atoms with E-state index >= 15 is 0 Å². The fourth-order valence-corrected chi connectivity index (χ4v) is 6.85. The second-order valence-electron chi connectivity index (χ2n) is 12.4. The summed E-state index contributed by atoms with van der Waals surface area (Å²) in [5, 5.41) is 13.1. The minimum Gasteiger partial charge on any atom is -0.512 e. The van der Waals surface area contributed by atoms with E-state index in [9.17, 15) is 9.90 Å². The molecule has 0 saturated heterocycles. The normalized spacial score (nSPS) is 12.3. The first-order chi connectivity index (χ1) is 23.5. The van der Waals surface area contributed by atoms with Gasteiger partial charge in [-0.25, -0.2) is 0 Å². The van der Waals surface area contributed by atoms with Crippen LogP contribution in [0.15, 0.2) is 108 Å². The number of ketones is 1. The van der Waals surface area contributed by atoms with Gasteiger partial charge in [-0.15, -0.1) is 23.6 Å². The smallest absolute Gasteiger partial charge is 0.162 e. The van der Waals surface area contributed by atoms with E-state index in [1.807, 2.05) is 58.3 Å². The third-order valence-electron chi connectivity index (χ3n) is 9.62. The molecule has 1 N–H and O–H groups in total. The average molecular weight is 828 g/mol. The predicted octanol–water partition coefficient (Wildman–Crippen LogP) is 11.1. The molecule has 6 aromatic rings. The average Bonchev–Trinajstić information content (AvgIpc) is 3.52. The molecule has 6 heteroatoms. The summed E-state index contributed by atoms with van der Waals surface area (Å²) in [5.41, 5.74) is 8.49.